The maximum atomic E-state index is 13.4. The molecule has 0 rings (SSSR count). The first kappa shape index (κ1) is 39.7. The molecule has 0 amide bonds. The number of carbonyl (C=O) groups is 4. The van der Waals surface area contributed by atoms with E-state index in [0.29, 0.717) is 25.7 Å². The first-order chi connectivity index (χ1) is 19.6. The molecule has 11 atom stereocenters. The van der Waals surface area contributed by atoms with Crippen LogP contribution in [0.1, 0.15) is 81.1 Å². The highest BCUT2D eigenvalue weighted by Gasteiger charge is 2.41. The van der Waals surface area contributed by atoms with Crippen LogP contribution >= 0.6 is 0 Å². The van der Waals surface area contributed by atoms with Crippen molar-refractivity contribution >= 4 is 23.9 Å². The third-order valence-corrected chi connectivity index (χ3v) is 7.74. The predicted octanol–water partition coefficient (Wildman–Crippen LogP) is 0.885. The van der Waals surface area contributed by atoms with Crippen molar-refractivity contribution in [3.05, 3.63) is 0 Å². The Morgan fingerprint density at radius 1 is 0.524 bits per heavy atom. The lowest BCUT2D eigenvalue weighted by Gasteiger charge is -2.30. The second-order valence-corrected chi connectivity index (χ2v) is 11.0. The second kappa shape index (κ2) is 19.8. The van der Waals surface area contributed by atoms with E-state index >= 15 is 0 Å². The molecule has 0 saturated heterocycles. The van der Waals surface area contributed by atoms with Gasteiger partial charge < -0.3 is 44.5 Å². The quantitative estimate of drug-likeness (QED) is 0.0962. The molecule has 246 valence electrons. The molecule has 0 aromatic rings. The number of aliphatic hydroxyl groups excluding tert-OH is 5. The monoisotopic (exact) mass is 608 g/mol. The molecule has 13 heteroatoms. The van der Waals surface area contributed by atoms with Crippen molar-refractivity contribution in [1.29, 1.82) is 0 Å². The van der Waals surface area contributed by atoms with E-state index < -0.39 is 103 Å². The molecule has 0 bridgehead atoms. The lowest BCUT2D eigenvalue weighted by molar-refractivity contribution is -0.196. The third-order valence-electron chi connectivity index (χ3n) is 7.74. The molecule has 0 spiro atoms. The van der Waals surface area contributed by atoms with Gasteiger partial charge in [-0.15, -0.1) is 0 Å². The lowest BCUT2D eigenvalue weighted by atomic mass is 9.98. The van der Waals surface area contributed by atoms with Crippen molar-refractivity contribution in [2.45, 2.75) is 124 Å². The lowest BCUT2D eigenvalue weighted by Crippen LogP contribution is -2.48. The zero-order valence-electron chi connectivity index (χ0n) is 26.1. The van der Waals surface area contributed by atoms with Crippen LogP contribution in [0.5, 0.6) is 0 Å². The maximum absolute atomic E-state index is 13.4. The highest BCUT2D eigenvalue weighted by molar-refractivity contribution is 5.86. The summed E-state index contributed by atoms with van der Waals surface area (Å²) in [5.74, 6) is -6.31. The second-order valence-electron chi connectivity index (χ2n) is 11.0. The van der Waals surface area contributed by atoms with E-state index in [4.69, 9.17) is 24.1 Å². The summed E-state index contributed by atoms with van der Waals surface area (Å²) in [5, 5.41) is 48.6. The Bertz CT molecular complexity index is 834. The molecular formula is C29H52O13. The first-order valence-electron chi connectivity index (χ1n) is 14.7. The van der Waals surface area contributed by atoms with Crippen molar-refractivity contribution in [2.75, 3.05) is 13.2 Å². The highest BCUT2D eigenvalue weighted by Crippen LogP contribution is 2.23. The van der Waals surface area contributed by atoms with Crippen LogP contribution in [0.25, 0.3) is 0 Å². The molecule has 0 unspecified atom stereocenters. The Morgan fingerprint density at radius 2 is 0.857 bits per heavy atom. The minimum Gasteiger partial charge on any atom is -0.454 e. The molecule has 0 saturated carbocycles. The maximum Gasteiger partial charge on any atom is 0.348 e. The largest absolute Gasteiger partial charge is 0.454 e. The third kappa shape index (κ3) is 11.8. The van der Waals surface area contributed by atoms with Crippen molar-refractivity contribution < 1.29 is 63.7 Å². The molecule has 0 fully saturated rings. The summed E-state index contributed by atoms with van der Waals surface area (Å²) < 4.78 is 21.5. The molecule has 42 heavy (non-hydrogen) atoms. The van der Waals surface area contributed by atoms with Gasteiger partial charge in [-0.2, -0.15) is 0 Å². The van der Waals surface area contributed by atoms with E-state index in [1.54, 1.807) is 55.4 Å². The Kier molecular flexibility index (Phi) is 18.7. The van der Waals surface area contributed by atoms with Crippen LogP contribution in [0.15, 0.2) is 0 Å². The van der Waals surface area contributed by atoms with Gasteiger partial charge in [-0.3, -0.25) is 0 Å². The molecule has 0 aromatic carbocycles. The number of ether oxygens (including phenoxy) is 4. The van der Waals surface area contributed by atoms with E-state index in [1.807, 2.05) is 0 Å². The highest BCUT2D eigenvalue weighted by atomic mass is 16.6. The first-order valence-corrected chi connectivity index (χ1v) is 14.7. The fraction of sp³-hybridized carbons (Fsp3) is 0.862. The number of rotatable bonds is 20. The van der Waals surface area contributed by atoms with Gasteiger partial charge in [-0.1, -0.05) is 61.8 Å². The van der Waals surface area contributed by atoms with Gasteiger partial charge in [-0.05, 0) is 25.2 Å². The molecule has 0 aliphatic carbocycles. The molecule has 0 radical (unpaired) electrons. The number of carbonyl (C=O) groups excluding carboxylic acids is 4. The number of aliphatic hydroxyl groups is 5. The van der Waals surface area contributed by atoms with E-state index in [0.717, 1.165) is 0 Å². The average Bonchev–Trinajstić information content (AvgIpc) is 3.00. The van der Waals surface area contributed by atoms with Gasteiger partial charge in [0.25, 0.3) is 0 Å². The number of esters is 4. The van der Waals surface area contributed by atoms with E-state index in [1.165, 1.54) is 0 Å². The summed E-state index contributed by atoms with van der Waals surface area (Å²) in [6, 6.07) is 0. The van der Waals surface area contributed by atoms with Gasteiger partial charge in [0.15, 0.2) is 12.2 Å². The predicted molar refractivity (Wildman–Crippen MR) is 150 cm³/mol. The van der Waals surface area contributed by atoms with Crippen molar-refractivity contribution in [3.8, 4) is 0 Å². The average molecular weight is 609 g/mol. The number of hydrogen-bond acceptors (Lipinski definition) is 13. The van der Waals surface area contributed by atoms with Gasteiger partial charge >= 0.3 is 23.9 Å². The molecule has 0 aliphatic heterocycles. The molecule has 5 N–H and O–H groups in total. The SMILES string of the molecule is CC[C@H](C)[C@@H](O)C(=O)O[C@@H](C(=O)O[C@@H](C(=O)O[C@@H](C(=O)O[C@H](CO)[C@@H](O)[C@H](O)CO)[C@@H](C)CC)[C@@H](C)CC)[C@@H](C)CC. The Hall–Kier alpha value is -2.32. The van der Waals surface area contributed by atoms with Crippen molar-refractivity contribution in [1.82, 2.24) is 0 Å². The normalized spacial score (nSPS) is 19.5. The van der Waals surface area contributed by atoms with Crippen molar-refractivity contribution in [2.24, 2.45) is 23.7 Å². The van der Waals surface area contributed by atoms with Crippen LogP contribution in [0.2, 0.25) is 0 Å². The standard InChI is InChI=1S/C29H52O13/c1-9-15(5)21(33)26(35)40-24(17(7)11-3)28(37)42-25(18(8)12-4)29(38)41-23(16(6)10-2)27(36)39-20(14-31)22(34)19(32)13-30/h15-25,30-34H,9-14H2,1-8H3/t15-,16-,17-,18-,19+,20+,21+,22-,23+,24+,25+/m0/s1. The zero-order chi connectivity index (χ0) is 32.7. The van der Waals surface area contributed by atoms with E-state index in [2.05, 4.69) is 0 Å². The summed E-state index contributed by atoms with van der Waals surface area (Å²) in [5.41, 5.74) is 0. The summed E-state index contributed by atoms with van der Waals surface area (Å²) in [4.78, 5) is 52.2. The number of hydrogen-bond donors (Lipinski definition) is 5. The Morgan fingerprint density at radius 3 is 1.17 bits per heavy atom. The molecule has 0 aliphatic rings. The minimum atomic E-state index is -1.81. The van der Waals surface area contributed by atoms with E-state index in [-0.39, 0.29) is 0 Å². The van der Waals surface area contributed by atoms with Crippen LogP contribution in [0.4, 0.5) is 0 Å². The summed E-state index contributed by atoms with van der Waals surface area (Å²) in [7, 11) is 0. The van der Waals surface area contributed by atoms with Crippen LogP contribution in [0.3, 0.4) is 0 Å². The van der Waals surface area contributed by atoms with Crippen LogP contribution in [-0.4, -0.2) is 105 Å². The van der Waals surface area contributed by atoms with Gasteiger partial charge in [0.05, 0.1) is 13.2 Å². The van der Waals surface area contributed by atoms with Crippen LogP contribution in [0, 0.1) is 23.7 Å². The van der Waals surface area contributed by atoms with Crippen LogP contribution < -0.4 is 0 Å². The Labute approximate surface area is 248 Å². The Balaban J connectivity index is 6.01. The molecule has 13 nitrogen and oxygen atoms in total. The minimum absolute atomic E-state index is 0.344. The fourth-order valence-electron chi connectivity index (χ4n) is 3.65. The van der Waals surface area contributed by atoms with Gasteiger partial charge in [-0.25, -0.2) is 19.2 Å². The topological polar surface area (TPSA) is 206 Å². The zero-order valence-corrected chi connectivity index (χ0v) is 26.1. The van der Waals surface area contributed by atoms with Crippen molar-refractivity contribution in [3.63, 3.8) is 0 Å². The summed E-state index contributed by atoms with van der Waals surface area (Å²) >= 11 is 0. The van der Waals surface area contributed by atoms with Gasteiger partial charge in [0.1, 0.15) is 12.2 Å². The van der Waals surface area contributed by atoms with E-state index in [9.17, 15) is 39.6 Å². The molecular weight excluding hydrogens is 556 g/mol. The fourth-order valence-corrected chi connectivity index (χ4v) is 3.65. The summed E-state index contributed by atoms with van der Waals surface area (Å²) in [6.45, 7) is 11.8. The smallest absolute Gasteiger partial charge is 0.348 e. The van der Waals surface area contributed by atoms with Gasteiger partial charge in [0, 0.05) is 17.8 Å². The van der Waals surface area contributed by atoms with Gasteiger partial charge in [0.2, 0.25) is 18.3 Å². The summed E-state index contributed by atoms with van der Waals surface area (Å²) in [6.07, 6.45) is -9.42. The molecule has 0 heterocycles. The van der Waals surface area contributed by atoms with Crippen LogP contribution in [-0.2, 0) is 38.1 Å². The molecule has 0 aromatic heterocycles.